The zero-order valence-electron chi connectivity index (χ0n) is 14.6. The number of aromatic nitrogens is 4. The molecule has 6 heteroatoms. The van der Waals surface area contributed by atoms with Crippen molar-refractivity contribution in [2.75, 3.05) is 6.54 Å². The number of hydrogen-bond donors (Lipinski definition) is 2. The van der Waals surface area contributed by atoms with E-state index in [0.29, 0.717) is 12.2 Å². The zero-order valence-corrected chi connectivity index (χ0v) is 14.6. The Bertz CT molecular complexity index is 871. The first-order valence-corrected chi connectivity index (χ1v) is 8.18. The van der Waals surface area contributed by atoms with Crippen molar-refractivity contribution in [1.82, 2.24) is 24.8 Å². The Morgan fingerprint density at radius 3 is 2.79 bits per heavy atom. The minimum atomic E-state index is -0.0800. The molecule has 2 N–H and O–H groups in total. The van der Waals surface area contributed by atoms with Crippen molar-refractivity contribution in [3.63, 3.8) is 0 Å². The van der Waals surface area contributed by atoms with Crippen LogP contribution in [-0.4, -0.2) is 32.0 Å². The molecular weight excluding hydrogens is 302 g/mol. The highest BCUT2D eigenvalue weighted by Crippen LogP contribution is 2.19. The molecule has 0 radical (unpaired) electrons. The number of imidazole rings is 2. The van der Waals surface area contributed by atoms with Crippen LogP contribution in [0.5, 0.6) is 0 Å². The summed E-state index contributed by atoms with van der Waals surface area (Å²) in [6.45, 7) is 6.64. The van der Waals surface area contributed by atoms with E-state index in [0.717, 1.165) is 35.4 Å². The van der Waals surface area contributed by atoms with Crippen LogP contribution in [0.3, 0.4) is 0 Å². The number of aromatic amines is 1. The average molecular weight is 325 g/mol. The molecule has 2 heterocycles. The minimum Gasteiger partial charge on any atom is -0.351 e. The molecule has 6 nitrogen and oxygen atoms in total. The maximum atomic E-state index is 12.2. The van der Waals surface area contributed by atoms with Gasteiger partial charge < -0.3 is 14.9 Å². The summed E-state index contributed by atoms with van der Waals surface area (Å²) in [6, 6.07) is 4.18. The first-order chi connectivity index (χ1) is 11.5. The van der Waals surface area contributed by atoms with Crippen LogP contribution in [0, 0.1) is 20.8 Å². The second-order valence-electron chi connectivity index (χ2n) is 6.24. The maximum Gasteiger partial charge on any atom is 0.269 e. The summed E-state index contributed by atoms with van der Waals surface area (Å²) in [5, 5.41) is 2.95. The molecule has 1 amide bonds. The monoisotopic (exact) mass is 325 g/mol. The Morgan fingerprint density at radius 2 is 2.08 bits per heavy atom. The standard InChI is InChI=1S/C18H23N5O/c1-11-7-8-14-16(12(11)2)22-15(21-14)6-5-9-19-18(24)17-13(3)20-10-23(17)4/h7-8,10H,5-6,9H2,1-4H3,(H,19,24)(H,21,22). The number of fused-ring (bicyclic) bond motifs is 1. The highest BCUT2D eigenvalue weighted by Gasteiger charge is 2.13. The zero-order chi connectivity index (χ0) is 17.3. The van der Waals surface area contributed by atoms with Crippen molar-refractivity contribution in [1.29, 1.82) is 0 Å². The van der Waals surface area contributed by atoms with E-state index >= 15 is 0 Å². The molecule has 0 aliphatic carbocycles. The first kappa shape index (κ1) is 16.2. The Kier molecular flexibility index (Phi) is 4.38. The molecule has 0 atom stereocenters. The Balaban J connectivity index is 1.57. The minimum absolute atomic E-state index is 0.0800. The molecule has 0 fully saturated rings. The molecule has 0 saturated heterocycles. The first-order valence-electron chi connectivity index (χ1n) is 8.18. The topological polar surface area (TPSA) is 75.6 Å². The third-order valence-corrected chi connectivity index (χ3v) is 4.44. The lowest BCUT2D eigenvalue weighted by atomic mass is 10.1. The van der Waals surface area contributed by atoms with Gasteiger partial charge in [-0.1, -0.05) is 6.07 Å². The SMILES string of the molecule is Cc1ccc2[nH]c(CCCNC(=O)c3c(C)ncn3C)nc2c1C. The highest BCUT2D eigenvalue weighted by atomic mass is 16.1. The van der Waals surface area contributed by atoms with Gasteiger partial charge in [0.1, 0.15) is 11.5 Å². The number of aryl methyl sites for hydroxylation is 5. The fraction of sp³-hybridized carbons (Fsp3) is 0.389. The molecule has 0 unspecified atom stereocenters. The molecule has 3 aromatic rings. The van der Waals surface area contributed by atoms with Gasteiger partial charge in [-0.3, -0.25) is 4.79 Å². The molecular formula is C18H23N5O. The number of carbonyl (C=O) groups excluding carboxylic acids is 1. The Labute approximate surface area is 141 Å². The van der Waals surface area contributed by atoms with E-state index in [1.165, 1.54) is 11.1 Å². The van der Waals surface area contributed by atoms with Crippen molar-refractivity contribution < 1.29 is 4.79 Å². The summed E-state index contributed by atoms with van der Waals surface area (Å²) in [4.78, 5) is 24.4. The summed E-state index contributed by atoms with van der Waals surface area (Å²) in [5.74, 6) is 0.883. The van der Waals surface area contributed by atoms with E-state index in [-0.39, 0.29) is 5.91 Å². The smallest absolute Gasteiger partial charge is 0.269 e. The maximum absolute atomic E-state index is 12.2. The van der Waals surface area contributed by atoms with Crippen LogP contribution in [0.25, 0.3) is 11.0 Å². The van der Waals surface area contributed by atoms with Crippen molar-refractivity contribution >= 4 is 16.9 Å². The third-order valence-electron chi connectivity index (χ3n) is 4.44. The van der Waals surface area contributed by atoms with Crippen molar-refractivity contribution in [2.45, 2.75) is 33.6 Å². The van der Waals surface area contributed by atoms with Gasteiger partial charge in [0.25, 0.3) is 5.91 Å². The summed E-state index contributed by atoms with van der Waals surface area (Å²) in [7, 11) is 1.83. The van der Waals surface area contributed by atoms with Crippen molar-refractivity contribution in [2.24, 2.45) is 7.05 Å². The molecule has 1 aromatic carbocycles. The van der Waals surface area contributed by atoms with Crippen molar-refractivity contribution in [3.8, 4) is 0 Å². The van der Waals surface area contributed by atoms with Gasteiger partial charge in [-0.05, 0) is 44.4 Å². The molecule has 3 rings (SSSR count). The van der Waals surface area contributed by atoms with Crippen LogP contribution in [0.4, 0.5) is 0 Å². The Morgan fingerprint density at radius 1 is 1.29 bits per heavy atom. The molecule has 0 bridgehead atoms. The van der Waals surface area contributed by atoms with Gasteiger partial charge in [-0.25, -0.2) is 9.97 Å². The molecule has 2 aromatic heterocycles. The van der Waals surface area contributed by atoms with E-state index in [2.05, 4.69) is 46.2 Å². The molecule has 24 heavy (non-hydrogen) atoms. The lowest BCUT2D eigenvalue weighted by Gasteiger charge is -2.06. The predicted octanol–water partition coefficient (Wildman–Crippen LogP) is 2.58. The summed E-state index contributed by atoms with van der Waals surface area (Å²) >= 11 is 0. The predicted molar refractivity (Wildman–Crippen MR) is 94.2 cm³/mol. The van der Waals surface area contributed by atoms with Gasteiger partial charge in [-0.2, -0.15) is 0 Å². The van der Waals surface area contributed by atoms with Gasteiger partial charge in [0, 0.05) is 20.0 Å². The van der Waals surface area contributed by atoms with Crippen LogP contribution >= 0.6 is 0 Å². The second kappa shape index (κ2) is 6.47. The molecule has 0 spiro atoms. The second-order valence-corrected chi connectivity index (χ2v) is 6.24. The van der Waals surface area contributed by atoms with Crippen LogP contribution in [0.15, 0.2) is 18.5 Å². The number of nitrogens with one attached hydrogen (secondary N) is 2. The van der Waals surface area contributed by atoms with Gasteiger partial charge in [0.2, 0.25) is 0 Å². The van der Waals surface area contributed by atoms with Gasteiger partial charge >= 0.3 is 0 Å². The number of rotatable bonds is 5. The molecule has 0 saturated carbocycles. The quantitative estimate of drug-likeness (QED) is 0.708. The van der Waals surface area contributed by atoms with Crippen LogP contribution in [-0.2, 0) is 13.5 Å². The third kappa shape index (κ3) is 3.04. The fourth-order valence-electron chi connectivity index (χ4n) is 2.90. The van der Waals surface area contributed by atoms with E-state index < -0.39 is 0 Å². The lowest BCUT2D eigenvalue weighted by molar-refractivity contribution is 0.0944. The lowest BCUT2D eigenvalue weighted by Crippen LogP contribution is -2.27. The number of H-pyrrole nitrogens is 1. The molecule has 0 aliphatic heterocycles. The number of benzene rings is 1. The van der Waals surface area contributed by atoms with Crippen molar-refractivity contribution in [3.05, 3.63) is 46.8 Å². The molecule has 0 aliphatic rings. The van der Waals surface area contributed by atoms with Gasteiger partial charge in [0.05, 0.1) is 23.1 Å². The van der Waals surface area contributed by atoms with E-state index in [9.17, 15) is 4.79 Å². The van der Waals surface area contributed by atoms with E-state index in [4.69, 9.17) is 0 Å². The van der Waals surface area contributed by atoms with Gasteiger partial charge in [0.15, 0.2) is 0 Å². The number of carbonyl (C=O) groups is 1. The summed E-state index contributed by atoms with van der Waals surface area (Å²) in [6.07, 6.45) is 3.29. The Hall–Kier alpha value is -2.63. The summed E-state index contributed by atoms with van der Waals surface area (Å²) in [5.41, 5.74) is 5.94. The van der Waals surface area contributed by atoms with Crippen LogP contribution in [0.2, 0.25) is 0 Å². The van der Waals surface area contributed by atoms with E-state index in [1.807, 2.05) is 14.0 Å². The normalized spacial score (nSPS) is 11.2. The van der Waals surface area contributed by atoms with E-state index in [1.54, 1.807) is 10.9 Å². The highest BCUT2D eigenvalue weighted by molar-refractivity contribution is 5.93. The largest absolute Gasteiger partial charge is 0.351 e. The molecule has 126 valence electrons. The fourth-order valence-corrected chi connectivity index (χ4v) is 2.90. The van der Waals surface area contributed by atoms with Crippen LogP contribution in [0.1, 0.15) is 39.6 Å². The average Bonchev–Trinajstić information content (AvgIpc) is 3.11. The number of nitrogens with zero attached hydrogens (tertiary/aromatic N) is 3. The summed E-state index contributed by atoms with van der Waals surface area (Å²) < 4.78 is 1.75. The van der Waals surface area contributed by atoms with Gasteiger partial charge in [-0.15, -0.1) is 0 Å². The number of hydrogen-bond acceptors (Lipinski definition) is 3. The van der Waals surface area contributed by atoms with Crippen LogP contribution < -0.4 is 5.32 Å². The number of amides is 1.